The van der Waals surface area contributed by atoms with Gasteiger partial charge in [-0.15, -0.1) is 0 Å². The number of amides is 1. The SMILES string of the molecule is COc1ccc(CNC(=O)C(C)Nc2cc(OC)c(Cl)cc2OC)cc1. The van der Waals surface area contributed by atoms with Gasteiger partial charge in [0.15, 0.2) is 0 Å². The van der Waals surface area contributed by atoms with Crippen molar-refractivity contribution in [2.45, 2.75) is 19.5 Å². The average molecular weight is 379 g/mol. The number of nitrogens with one attached hydrogen (secondary N) is 2. The second-order valence-electron chi connectivity index (χ2n) is 5.62. The van der Waals surface area contributed by atoms with Crippen molar-refractivity contribution in [3.63, 3.8) is 0 Å². The Kier molecular flexibility index (Phi) is 6.97. The molecule has 0 heterocycles. The van der Waals surface area contributed by atoms with E-state index in [2.05, 4.69) is 10.6 Å². The summed E-state index contributed by atoms with van der Waals surface area (Å²) in [5.41, 5.74) is 1.61. The Bertz CT molecular complexity index is 750. The summed E-state index contributed by atoms with van der Waals surface area (Å²) in [6, 6.07) is 10.4. The summed E-state index contributed by atoms with van der Waals surface area (Å²) in [6.45, 7) is 2.19. The summed E-state index contributed by atoms with van der Waals surface area (Å²) < 4.78 is 15.6. The first-order chi connectivity index (χ1) is 12.5. The molecular weight excluding hydrogens is 356 g/mol. The van der Waals surface area contributed by atoms with Crippen molar-refractivity contribution in [3.05, 3.63) is 47.0 Å². The molecule has 140 valence electrons. The molecule has 26 heavy (non-hydrogen) atoms. The van der Waals surface area contributed by atoms with Crippen LogP contribution in [0.3, 0.4) is 0 Å². The summed E-state index contributed by atoms with van der Waals surface area (Å²) in [4.78, 5) is 12.4. The largest absolute Gasteiger partial charge is 0.497 e. The fourth-order valence-electron chi connectivity index (χ4n) is 2.36. The summed E-state index contributed by atoms with van der Waals surface area (Å²) in [5, 5.41) is 6.45. The zero-order valence-corrected chi connectivity index (χ0v) is 16.0. The minimum Gasteiger partial charge on any atom is -0.497 e. The molecule has 0 fully saturated rings. The lowest BCUT2D eigenvalue weighted by atomic mass is 10.2. The predicted octanol–water partition coefficient (Wildman–Crippen LogP) is 3.48. The van der Waals surface area contributed by atoms with Crippen molar-refractivity contribution < 1.29 is 19.0 Å². The number of halogens is 1. The van der Waals surface area contributed by atoms with Crippen LogP contribution in [0.2, 0.25) is 5.02 Å². The van der Waals surface area contributed by atoms with E-state index in [1.807, 2.05) is 24.3 Å². The Morgan fingerprint density at radius 2 is 1.69 bits per heavy atom. The van der Waals surface area contributed by atoms with E-state index >= 15 is 0 Å². The highest BCUT2D eigenvalue weighted by molar-refractivity contribution is 6.32. The highest BCUT2D eigenvalue weighted by Crippen LogP contribution is 2.36. The number of benzene rings is 2. The fraction of sp³-hybridized carbons (Fsp3) is 0.316. The molecule has 1 amide bonds. The van der Waals surface area contributed by atoms with Gasteiger partial charge in [-0.3, -0.25) is 4.79 Å². The van der Waals surface area contributed by atoms with E-state index < -0.39 is 6.04 Å². The molecule has 7 heteroatoms. The second-order valence-corrected chi connectivity index (χ2v) is 6.03. The Hall–Kier alpha value is -2.60. The van der Waals surface area contributed by atoms with Gasteiger partial charge >= 0.3 is 0 Å². The molecule has 0 radical (unpaired) electrons. The average Bonchev–Trinajstić information content (AvgIpc) is 2.67. The highest BCUT2D eigenvalue weighted by Gasteiger charge is 2.16. The molecule has 2 aromatic rings. The van der Waals surface area contributed by atoms with Crippen LogP contribution in [-0.2, 0) is 11.3 Å². The number of carbonyl (C=O) groups excluding carboxylic acids is 1. The Balaban J connectivity index is 1.99. The molecular formula is C19H23ClN2O4. The van der Waals surface area contributed by atoms with E-state index in [0.29, 0.717) is 28.8 Å². The molecule has 0 saturated carbocycles. The summed E-state index contributed by atoms with van der Waals surface area (Å²) in [5.74, 6) is 1.67. The molecule has 0 aliphatic carbocycles. The van der Waals surface area contributed by atoms with Crippen LogP contribution in [0.1, 0.15) is 12.5 Å². The van der Waals surface area contributed by atoms with Crippen molar-refractivity contribution in [2.75, 3.05) is 26.6 Å². The van der Waals surface area contributed by atoms with E-state index in [1.165, 1.54) is 14.2 Å². The maximum atomic E-state index is 12.4. The molecule has 2 N–H and O–H groups in total. The lowest BCUT2D eigenvalue weighted by Gasteiger charge is -2.18. The van der Waals surface area contributed by atoms with Crippen LogP contribution in [-0.4, -0.2) is 33.3 Å². The van der Waals surface area contributed by atoms with E-state index in [1.54, 1.807) is 26.2 Å². The maximum Gasteiger partial charge on any atom is 0.242 e. The number of ether oxygens (including phenoxy) is 3. The lowest BCUT2D eigenvalue weighted by Crippen LogP contribution is -2.37. The predicted molar refractivity (Wildman–Crippen MR) is 102 cm³/mol. The lowest BCUT2D eigenvalue weighted by molar-refractivity contribution is -0.121. The number of methoxy groups -OCH3 is 3. The molecule has 0 aromatic heterocycles. The minimum absolute atomic E-state index is 0.142. The molecule has 1 unspecified atom stereocenters. The maximum absolute atomic E-state index is 12.4. The van der Waals surface area contributed by atoms with Gasteiger partial charge < -0.3 is 24.8 Å². The highest BCUT2D eigenvalue weighted by atomic mass is 35.5. The number of rotatable bonds is 8. The first-order valence-electron chi connectivity index (χ1n) is 8.07. The molecule has 0 aliphatic rings. The molecule has 0 saturated heterocycles. The fourth-order valence-corrected chi connectivity index (χ4v) is 2.59. The van der Waals surface area contributed by atoms with Crippen LogP contribution in [0.4, 0.5) is 5.69 Å². The van der Waals surface area contributed by atoms with E-state index in [0.717, 1.165) is 11.3 Å². The van der Waals surface area contributed by atoms with Gasteiger partial charge in [-0.25, -0.2) is 0 Å². The van der Waals surface area contributed by atoms with Gasteiger partial charge in [-0.05, 0) is 24.6 Å². The smallest absolute Gasteiger partial charge is 0.242 e. The summed E-state index contributed by atoms with van der Waals surface area (Å²) in [7, 11) is 4.68. The molecule has 2 aromatic carbocycles. The van der Waals surface area contributed by atoms with Crippen LogP contribution >= 0.6 is 11.6 Å². The molecule has 2 rings (SSSR count). The monoisotopic (exact) mass is 378 g/mol. The third-order valence-electron chi connectivity index (χ3n) is 3.87. The molecule has 0 bridgehead atoms. The van der Waals surface area contributed by atoms with Crippen molar-refractivity contribution >= 4 is 23.2 Å². The minimum atomic E-state index is -0.479. The molecule has 0 aliphatic heterocycles. The number of hydrogen-bond donors (Lipinski definition) is 2. The Morgan fingerprint density at radius 3 is 2.27 bits per heavy atom. The van der Waals surface area contributed by atoms with Crippen LogP contribution in [0.25, 0.3) is 0 Å². The number of hydrogen-bond acceptors (Lipinski definition) is 5. The zero-order chi connectivity index (χ0) is 19.1. The van der Waals surface area contributed by atoms with Crippen molar-refractivity contribution in [2.24, 2.45) is 0 Å². The van der Waals surface area contributed by atoms with Crippen LogP contribution in [0.15, 0.2) is 36.4 Å². The van der Waals surface area contributed by atoms with Crippen molar-refractivity contribution in [3.8, 4) is 17.2 Å². The standard InChI is InChI=1S/C19H23ClN2O4/c1-12(19(23)21-11-13-5-7-14(24-2)8-6-13)22-16-10-17(25-3)15(20)9-18(16)26-4/h5-10,12,22H,11H2,1-4H3,(H,21,23). The number of carbonyl (C=O) groups is 1. The quantitative estimate of drug-likeness (QED) is 0.736. The first-order valence-corrected chi connectivity index (χ1v) is 8.45. The first kappa shape index (κ1) is 19.7. The van der Waals surface area contributed by atoms with Crippen LogP contribution in [0, 0.1) is 0 Å². The zero-order valence-electron chi connectivity index (χ0n) is 15.3. The topological polar surface area (TPSA) is 68.8 Å². The van der Waals surface area contributed by atoms with Gasteiger partial charge in [0.05, 0.1) is 32.0 Å². The normalized spacial score (nSPS) is 11.4. The Morgan fingerprint density at radius 1 is 1.04 bits per heavy atom. The third-order valence-corrected chi connectivity index (χ3v) is 4.16. The van der Waals surface area contributed by atoms with Gasteiger partial charge in [-0.2, -0.15) is 0 Å². The van der Waals surface area contributed by atoms with Gasteiger partial charge in [-0.1, -0.05) is 23.7 Å². The van der Waals surface area contributed by atoms with Crippen LogP contribution in [0.5, 0.6) is 17.2 Å². The Labute approximate surface area is 158 Å². The van der Waals surface area contributed by atoms with Gasteiger partial charge in [0, 0.05) is 18.7 Å². The van der Waals surface area contributed by atoms with Crippen molar-refractivity contribution in [1.29, 1.82) is 0 Å². The molecule has 1 atom stereocenters. The second kappa shape index (κ2) is 9.20. The van der Waals surface area contributed by atoms with Gasteiger partial charge in [0.25, 0.3) is 0 Å². The van der Waals surface area contributed by atoms with Gasteiger partial charge in [0.1, 0.15) is 23.3 Å². The third kappa shape index (κ3) is 4.95. The number of anilines is 1. The summed E-state index contributed by atoms with van der Waals surface area (Å²) in [6.07, 6.45) is 0. The van der Waals surface area contributed by atoms with E-state index in [9.17, 15) is 4.79 Å². The molecule has 6 nitrogen and oxygen atoms in total. The van der Waals surface area contributed by atoms with E-state index in [4.69, 9.17) is 25.8 Å². The van der Waals surface area contributed by atoms with Crippen LogP contribution < -0.4 is 24.8 Å². The van der Waals surface area contributed by atoms with Crippen molar-refractivity contribution in [1.82, 2.24) is 5.32 Å². The molecule has 0 spiro atoms. The summed E-state index contributed by atoms with van der Waals surface area (Å²) >= 11 is 6.10. The van der Waals surface area contributed by atoms with E-state index in [-0.39, 0.29) is 5.91 Å². The van der Waals surface area contributed by atoms with Gasteiger partial charge in [0.2, 0.25) is 5.91 Å².